The molecule has 0 fully saturated rings. The minimum Gasteiger partial charge on any atom is -0.351 e. The summed E-state index contributed by atoms with van der Waals surface area (Å²) in [6.07, 6.45) is 0. The van der Waals surface area contributed by atoms with Crippen molar-refractivity contribution >= 4 is 23.6 Å². The summed E-state index contributed by atoms with van der Waals surface area (Å²) in [5.74, 6) is -0.563. The minimum atomic E-state index is -0.141. The first-order chi connectivity index (χ1) is 23.5. The highest BCUT2D eigenvalue weighted by Crippen LogP contribution is 2.02. The van der Waals surface area contributed by atoms with Crippen LogP contribution in [0.15, 0.2) is 121 Å². The van der Waals surface area contributed by atoms with Gasteiger partial charge in [0.15, 0.2) is 0 Å². The number of hydrogen-bond donors (Lipinski definition) is 4. The van der Waals surface area contributed by atoms with Crippen molar-refractivity contribution in [1.82, 2.24) is 31.1 Å². The van der Waals surface area contributed by atoms with Gasteiger partial charge in [-0.15, -0.1) is 0 Å². The Labute approximate surface area is 282 Å². The van der Waals surface area contributed by atoms with Crippen LogP contribution in [-0.2, 0) is 0 Å². The summed E-state index contributed by atoms with van der Waals surface area (Å²) >= 11 is 0. The molecule has 0 aliphatic rings. The summed E-state index contributed by atoms with van der Waals surface area (Å²) in [7, 11) is 0. The van der Waals surface area contributed by atoms with Crippen LogP contribution in [0, 0.1) is 0 Å². The molecule has 250 valence electrons. The Morgan fingerprint density at radius 2 is 0.542 bits per heavy atom. The van der Waals surface area contributed by atoms with Gasteiger partial charge in [-0.3, -0.25) is 29.0 Å². The lowest BCUT2D eigenvalue weighted by molar-refractivity contribution is 0.0922. The number of benzene rings is 4. The SMILES string of the molecule is O=C(NCCN(CCNC(=O)c1ccccc1)CCN(CCNC(=O)c1ccccc1)CCNC(=O)c1ccccc1)c1ccccc1. The molecule has 4 aromatic rings. The Kier molecular flexibility index (Phi) is 14.8. The van der Waals surface area contributed by atoms with E-state index in [-0.39, 0.29) is 23.6 Å². The molecule has 0 atom stereocenters. The highest BCUT2D eigenvalue weighted by atomic mass is 16.2. The molecule has 0 unspecified atom stereocenters. The fraction of sp³-hybridized carbons (Fsp3) is 0.263. The molecular formula is C38H44N6O4. The van der Waals surface area contributed by atoms with Gasteiger partial charge < -0.3 is 21.3 Å². The molecule has 4 amide bonds. The number of nitrogens with zero attached hydrogens (tertiary/aromatic N) is 2. The Bertz CT molecular complexity index is 1320. The second-order valence-corrected chi connectivity index (χ2v) is 11.2. The monoisotopic (exact) mass is 648 g/mol. The average Bonchev–Trinajstić information content (AvgIpc) is 3.14. The first-order valence-electron chi connectivity index (χ1n) is 16.3. The number of hydrogen-bond acceptors (Lipinski definition) is 6. The smallest absolute Gasteiger partial charge is 0.251 e. The van der Waals surface area contributed by atoms with Crippen LogP contribution in [0.2, 0.25) is 0 Å². The molecule has 10 nitrogen and oxygen atoms in total. The number of nitrogens with one attached hydrogen (secondary N) is 4. The van der Waals surface area contributed by atoms with Crippen molar-refractivity contribution in [3.63, 3.8) is 0 Å². The van der Waals surface area contributed by atoms with E-state index in [1.165, 1.54) is 0 Å². The molecule has 0 aliphatic carbocycles. The highest BCUT2D eigenvalue weighted by Gasteiger charge is 2.14. The minimum absolute atomic E-state index is 0.141. The summed E-state index contributed by atoms with van der Waals surface area (Å²) in [4.78, 5) is 54.9. The molecule has 0 saturated heterocycles. The molecule has 0 bridgehead atoms. The second kappa shape index (κ2) is 20.0. The van der Waals surface area contributed by atoms with Gasteiger partial charge in [0.25, 0.3) is 23.6 Å². The molecule has 0 aliphatic heterocycles. The third-order valence-corrected chi connectivity index (χ3v) is 7.73. The van der Waals surface area contributed by atoms with Crippen molar-refractivity contribution in [2.24, 2.45) is 0 Å². The number of rotatable bonds is 19. The average molecular weight is 649 g/mol. The molecule has 4 rings (SSSR count). The van der Waals surface area contributed by atoms with E-state index in [0.29, 0.717) is 87.7 Å². The van der Waals surface area contributed by atoms with Crippen molar-refractivity contribution in [3.05, 3.63) is 144 Å². The van der Waals surface area contributed by atoms with Crippen LogP contribution in [-0.4, -0.2) is 98.9 Å². The maximum atomic E-state index is 12.6. The lowest BCUT2D eigenvalue weighted by Crippen LogP contribution is -2.45. The normalized spacial score (nSPS) is 10.8. The van der Waals surface area contributed by atoms with Gasteiger partial charge in [0.1, 0.15) is 0 Å². The van der Waals surface area contributed by atoms with E-state index >= 15 is 0 Å². The first-order valence-corrected chi connectivity index (χ1v) is 16.3. The van der Waals surface area contributed by atoms with Crippen LogP contribution in [0.3, 0.4) is 0 Å². The Morgan fingerprint density at radius 3 is 0.750 bits per heavy atom. The van der Waals surface area contributed by atoms with Crippen molar-refractivity contribution in [2.45, 2.75) is 0 Å². The van der Waals surface area contributed by atoms with E-state index in [0.717, 1.165) is 0 Å². The van der Waals surface area contributed by atoms with E-state index in [1.807, 2.05) is 72.8 Å². The molecule has 0 radical (unpaired) electrons. The largest absolute Gasteiger partial charge is 0.351 e. The zero-order chi connectivity index (χ0) is 33.8. The first kappa shape index (κ1) is 35.5. The molecule has 0 heterocycles. The molecule has 48 heavy (non-hydrogen) atoms. The Hall–Kier alpha value is -5.32. The third kappa shape index (κ3) is 12.5. The molecule has 0 saturated carbocycles. The topological polar surface area (TPSA) is 123 Å². The zero-order valence-corrected chi connectivity index (χ0v) is 27.1. The fourth-order valence-electron chi connectivity index (χ4n) is 5.03. The molecule has 4 N–H and O–H groups in total. The summed E-state index contributed by atoms with van der Waals surface area (Å²) in [5, 5.41) is 12.0. The lowest BCUT2D eigenvalue weighted by atomic mass is 10.2. The predicted octanol–water partition coefficient (Wildman–Crippen LogP) is 3.31. The van der Waals surface area contributed by atoms with Crippen molar-refractivity contribution in [1.29, 1.82) is 0 Å². The summed E-state index contributed by atoms with van der Waals surface area (Å²) < 4.78 is 0. The zero-order valence-electron chi connectivity index (χ0n) is 27.1. The van der Waals surface area contributed by atoms with Crippen LogP contribution in [0.4, 0.5) is 0 Å². The van der Waals surface area contributed by atoms with Crippen LogP contribution in [0.25, 0.3) is 0 Å². The molecule has 10 heteroatoms. The van der Waals surface area contributed by atoms with Crippen LogP contribution in [0.5, 0.6) is 0 Å². The van der Waals surface area contributed by atoms with Gasteiger partial charge in [-0.25, -0.2) is 0 Å². The van der Waals surface area contributed by atoms with Gasteiger partial charge in [-0.1, -0.05) is 72.8 Å². The van der Waals surface area contributed by atoms with Crippen LogP contribution >= 0.6 is 0 Å². The van der Waals surface area contributed by atoms with Gasteiger partial charge in [0, 0.05) is 87.7 Å². The van der Waals surface area contributed by atoms with Crippen LogP contribution in [0.1, 0.15) is 41.4 Å². The number of carbonyl (C=O) groups is 4. The van der Waals surface area contributed by atoms with Gasteiger partial charge in [-0.05, 0) is 48.5 Å². The van der Waals surface area contributed by atoms with Crippen LogP contribution < -0.4 is 21.3 Å². The van der Waals surface area contributed by atoms with E-state index in [1.54, 1.807) is 48.5 Å². The summed E-state index contributed by atoms with van der Waals surface area (Å²) in [5.41, 5.74) is 2.39. The molecular weight excluding hydrogens is 604 g/mol. The van der Waals surface area contributed by atoms with E-state index < -0.39 is 0 Å². The second-order valence-electron chi connectivity index (χ2n) is 11.2. The number of carbonyl (C=O) groups excluding carboxylic acids is 4. The maximum Gasteiger partial charge on any atom is 0.251 e. The molecule has 0 aromatic heterocycles. The quantitative estimate of drug-likeness (QED) is 0.124. The van der Waals surface area contributed by atoms with Gasteiger partial charge >= 0.3 is 0 Å². The number of amides is 4. The lowest BCUT2D eigenvalue weighted by Gasteiger charge is -2.28. The Morgan fingerprint density at radius 1 is 0.333 bits per heavy atom. The van der Waals surface area contributed by atoms with E-state index in [2.05, 4.69) is 31.1 Å². The molecule has 0 spiro atoms. The summed E-state index contributed by atoms with van der Waals surface area (Å²) in [6.45, 7) is 5.30. The Balaban J connectivity index is 1.34. The molecule has 4 aromatic carbocycles. The van der Waals surface area contributed by atoms with Gasteiger partial charge in [0.05, 0.1) is 0 Å². The maximum absolute atomic E-state index is 12.6. The van der Waals surface area contributed by atoms with E-state index in [4.69, 9.17) is 0 Å². The van der Waals surface area contributed by atoms with Gasteiger partial charge in [-0.2, -0.15) is 0 Å². The van der Waals surface area contributed by atoms with Gasteiger partial charge in [0.2, 0.25) is 0 Å². The van der Waals surface area contributed by atoms with Crippen molar-refractivity contribution in [2.75, 3.05) is 65.4 Å². The van der Waals surface area contributed by atoms with Crippen molar-refractivity contribution < 1.29 is 19.2 Å². The standard InChI is InChI=1S/C38H44N6O4/c45-35(31-13-5-1-6-14-31)39-21-25-43(26-22-40-36(46)32-15-7-2-8-16-32)29-30-44(27-23-41-37(47)33-17-9-3-10-18-33)28-24-42-38(48)34-19-11-4-12-20-34/h1-20H,21-30H2,(H,39,45)(H,40,46)(H,41,47)(H,42,48). The highest BCUT2D eigenvalue weighted by molar-refractivity contribution is 5.95. The van der Waals surface area contributed by atoms with Crippen molar-refractivity contribution in [3.8, 4) is 0 Å². The van der Waals surface area contributed by atoms with E-state index in [9.17, 15) is 19.2 Å². The predicted molar refractivity (Wildman–Crippen MR) is 188 cm³/mol. The third-order valence-electron chi connectivity index (χ3n) is 7.73. The fourth-order valence-corrected chi connectivity index (χ4v) is 5.03. The summed E-state index contributed by atoms with van der Waals surface area (Å²) in [6, 6.07) is 36.3.